The molecule has 0 unspecified atom stereocenters. The van der Waals surface area contributed by atoms with Gasteiger partial charge in [0.2, 0.25) is 5.91 Å². The van der Waals surface area contributed by atoms with Crippen LogP contribution in [0.1, 0.15) is 36.9 Å². The van der Waals surface area contributed by atoms with Gasteiger partial charge in [0.1, 0.15) is 11.8 Å². The first kappa shape index (κ1) is 20.4. The van der Waals surface area contributed by atoms with Crippen molar-refractivity contribution in [3.63, 3.8) is 0 Å². The molecule has 0 saturated carbocycles. The number of aryl methyl sites for hydroxylation is 1. The molecule has 0 aromatic heterocycles. The zero-order valence-corrected chi connectivity index (χ0v) is 16.8. The summed E-state index contributed by atoms with van der Waals surface area (Å²) in [5.74, 6) is -0.398. The molecule has 6 heteroatoms. The fourth-order valence-electron chi connectivity index (χ4n) is 3.62. The van der Waals surface area contributed by atoms with Crippen molar-refractivity contribution in [3.05, 3.63) is 59.7 Å². The molecule has 6 nitrogen and oxygen atoms in total. The van der Waals surface area contributed by atoms with Crippen molar-refractivity contribution in [2.24, 2.45) is 5.92 Å². The van der Waals surface area contributed by atoms with Crippen LogP contribution >= 0.6 is 0 Å². The highest BCUT2D eigenvalue weighted by Gasteiger charge is 2.42. The second kappa shape index (κ2) is 8.78. The molecule has 1 aliphatic rings. The Labute approximate surface area is 170 Å². The lowest BCUT2D eigenvalue weighted by Gasteiger charge is -2.40. The van der Waals surface area contributed by atoms with Crippen molar-refractivity contribution < 1.29 is 19.1 Å². The minimum Gasteiger partial charge on any atom is -0.497 e. The van der Waals surface area contributed by atoms with E-state index >= 15 is 0 Å². The summed E-state index contributed by atoms with van der Waals surface area (Å²) in [7, 11) is 1.58. The normalized spacial score (nSPS) is 19.9. The van der Waals surface area contributed by atoms with Gasteiger partial charge in [-0.3, -0.25) is 9.59 Å². The number of anilines is 1. The molecule has 150 valence electrons. The van der Waals surface area contributed by atoms with Gasteiger partial charge in [-0.1, -0.05) is 29.8 Å². The summed E-state index contributed by atoms with van der Waals surface area (Å²) in [5, 5.41) is 9.02. The van der Waals surface area contributed by atoms with E-state index < -0.39 is 24.0 Å². The molecule has 2 aromatic carbocycles. The standard InChI is InChI=1S/C23H24N2O4/c1-15-4-8-18(9-5-15)25-21(26)13-12-20(23(27)29-16(2)14-24)22(25)17-6-10-19(28-3)11-7-17/h4-11,16,20,22H,12-13H2,1-3H3/t16-,20-,22+/m0/s1. The van der Waals surface area contributed by atoms with Crippen molar-refractivity contribution in [2.45, 2.75) is 38.8 Å². The van der Waals surface area contributed by atoms with Gasteiger partial charge in [0.05, 0.1) is 19.1 Å². The Kier molecular flexibility index (Phi) is 6.18. The lowest BCUT2D eigenvalue weighted by atomic mass is 9.83. The van der Waals surface area contributed by atoms with Crippen LogP contribution in [0.15, 0.2) is 48.5 Å². The summed E-state index contributed by atoms with van der Waals surface area (Å²) < 4.78 is 10.5. The zero-order valence-electron chi connectivity index (χ0n) is 16.8. The van der Waals surface area contributed by atoms with Crippen LogP contribution in [0.25, 0.3) is 0 Å². The van der Waals surface area contributed by atoms with Crippen LogP contribution in [-0.2, 0) is 14.3 Å². The SMILES string of the molecule is COc1ccc([C@@H]2[C@@H](C(=O)O[C@@H](C)C#N)CCC(=O)N2c2ccc(C)cc2)cc1. The monoisotopic (exact) mass is 392 g/mol. The summed E-state index contributed by atoms with van der Waals surface area (Å²) >= 11 is 0. The van der Waals surface area contributed by atoms with Gasteiger partial charge in [-0.25, -0.2) is 0 Å². The minimum absolute atomic E-state index is 0.0490. The van der Waals surface area contributed by atoms with E-state index in [1.165, 1.54) is 6.92 Å². The number of nitrogens with zero attached hydrogens (tertiary/aromatic N) is 2. The van der Waals surface area contributed by atoms with Gasteiger partial charge in [-0.05, 0) is 50.1 Å². The van der Waals surface area contributed by atoms with Crippen LogP contribution in [0.3, 0.4) is 0 Å². The summed E-state index contributed by atoms with van der Waals surface area (Å²) in [5.41, 5.74) is 2.62. The van der Waals surface area contributed by atoms with E-state index in [2.05, 4.69) is 0 Å². The number of esters is 1. The number of amides is 1. The summed E-state index contributed by atoms with van der Waals surface area (Å²) in [4.78, 5) is 27.5. The largest absolute Gasteiger partial charge is 0.497 e. The number of nitriles is 1. The number of benzene rings is 2. The van der Waals surface area contributed by atoms with Crippen molar-refractivity contribution in [1.29, 1.82) is 5.26 Å². The molecule has 1 saturated heterocycles. The van der Waals surface area contributed by atoms with Crippen molar-refractivity contribution >= 4 is 17.6 Å². The third-order valence-electron chi connectivity index (χ3n) is 5.14. The number of hydrogen-bond acceptors (Lipinski definition) is 5. The quantitative estimate of drug-likeness (QED) is 0.720. The molecule has 1 aliphatic heterocycles. The summed E-state index contributed by atoms with van der Waals surface area (Å²) in [6.07, 6.45) is -0.236. The molecule has 1 heterocycles. The predicted octanol–water partition coefficient (Wildman–Crippen LogP) is 3.94. The van der Waals surface area contributed by atoms with E-state index in [-0.39, 0.29) is 12.3 Å². The van der Waals surface area contributed by atoms with Crippen LogP contribution in [0.5, 0.6) is 5.75 Å². The molecular weight excluding hydrogens is 368 g/mol. The Bertz CT molecular complexity index is 915. The van der Waals surface area contributed by atoms with Crippen molar-refractivity contribution in [2.75, 3.05) is 12.0 Å². The number of hydrogen-bond donors (Lipinski definition) is 0. The Morgan fingerprint density at radius 1 is 1.17 bits per heavy atom. The Hall–Kier alpha value is -3.33. The minimum atomic E-state index is -0.843. The van der Waals surface area contributed by atoms with E-state index in [4.69, 9.17) is 14.7 Å². The van der Waals surface area contributed by atoms with Crippen LogP contribution in [-0.4, -0.2) is 25.1 Å². The second-order valence-electron chi connectivity index (χ2n) is 7.17. The molecule has 3 atom stereocenters. The highest BCUT2D eigenvalue weighted by atomic mass is 16.5. The molecule has 0 N–H and O–H groups in total. The number of rotatable bonds is 5. The highest BCUT2D eigenvalue weighted by molar-refractivity contribution is 5.97. The van der Waals surface area contributed by atoms with Crippen LogP contribution < -0.4 is 9.64 Å². The lowest BCUT2D eigenvalue weighted by molar-refractivity contribution is -0.153. The molecule has 1 fully saturated rings. The molecule has 29 heavy (non-hydrogen) atoms. The number of piperidine rings is 1. The fraction of sp³-hybridized carbons (Fsp3) is 0.348. The number of carbonyl (C=O) groups is 2. The van der Waals surface area contributed by atoms with E-state index in [0.29, 0.717) is 12.2 Å². The maximum atomic E-state index is 12.9. The Morgan fingerprint density at radius 3 is 2.41 bits per heavy atom. The molecule has 1 amide bonds. The first-order chi connectivity index (χ1) is 13.9. The smallest absolute Gasteiger partial charge is 0.312 e. The first-order valence-electron chi connectivity index (χ1n) is 9.57. The van der Waals surface area contributed by atoms with Gasteiger partial charge in [0, 0.05) is 12.1 Å². The van der Waals surface area contributed by atoms with Gasteiger partial charge >= 0.3 is 5.97 Å². The van der Waals surface area contributed by atoms with Gasteiger partial charge in [0.15, 0.2) is 6.10 Å². The van der Waals surface area contributed by atoms with E-state index in [1.807, 2.05) is 61.5 Å². The number of methoxy groups -OCH3 is 1. The second-order valence-corrected chi connectivity index (χ2v) is 7.17. The van der Waals surface area contributed by atoms with Gasteiger partial charge < -0.3 is 14.4 Å². The van der Waals surface area contributed by atoms with Crippen molar-refractivity contribution in [1.82, 2.24) is 0 Å². The average molecular weight is 392 g/mol. The Morgan fingerprint density at radius 2 is 1.83 bits per heavy atom. The van der Waals surface area contributed by atoms with Crippen LogP contribution in [0.2, 0.25) is 0 Å². The van der Waals surface area contributed by atoms with E-state index in [1.54, 1.807) is 12.0 Å². The summed E-state index contributed by atoms with van der Waals surface area (Å²) in [6, 6.07) is 16.4. The van der Waals surface area contributed by atoms with Gasteiger partial charge in [0.25, 0.3) is 0 Å². The average Bonchev–Trinajstić information content (AvgIpc) is 2.74. The molecule has 0 aliphatic carbocycles. The third-order valence-corrected chi connectivity index (χ3v) is 5.14. The lowest BCUT2D eigenvalue weighted by Crippen LogP contribution is -2.46. The summed E-state index contributed by atoms with van der Waals surface area (Å²) in [6.45, 7) is 3.51. The van der Waals surface area contributed by atoms with Gasteiger partial charge in [-0.2, -0.15) is 5.26 Å². The predicted molar refractivity (Wildman–Crippen MR) is 108 cm³/mol. The molecule has 2 aromatic rings. The highest BCUT2D eigenvalue weighted by Crippen LogP contribution is 2.41. The van der Waals surface area contributed by atoms with Gasteiger partial charge in [-0.15, -0.1) is 0 Å². The molecule has 3 rings (SSSR count). The van der Waals surface area contributed by atoms with Crippen LogP contribution in [0.4, 0.5) is 5.69 Å². The molecular formula is C23H24N2O4. The number of ether oxygens (including phenoxy) is 2. The maximum Gasteiger partial charge on any atom is 0.312 e. The van der Waals surface area contributed by atoms with E-state index in [0.717, 1.165) is 16.8 Å². The van der Waals surface area contributed by atoms with E-state index in [9.17, 15) is 9.59 Å². The maximum absolute atomic E-state index is 12.9. The molecule has 0 spiro atoms. The molecule has 0 bridgehead atoms. The van der Waals surface area contributed by atoms with Crippen molar-refractivity contribution in [3.8, 4) is 11.8 Å². The van der Waals surface area contributed by atoms with Crippen LogP contribution in [0, 0.1) is 24.2 Å². The topological polar surface area (TPSA) is 79.6 Å². The number of carbonyl (C=O) groups excluding carboxylic acids is 2. The fourth-order valence-corrected chi connectivity index (χ4v) is 3.62. The third kappa shape index (κ3) is 4.40. The first-order valence-corrected chi connectivity index (χ1v) is 9.57. The zero-order chi connectivity index (χ0) is 21.0. The Balaban J connectivity index is 2.05. The molecule has 0 radical (unpaired) electrons.